The number of rotatable bonds is 5. The second kappa shape index (κ2) is 5.74. The van der Waals surface area contributed by atoms with Crippen LogP contribution in [0.15, 0.2) is 12.4 Å². The molecule has 5 heteroatoms. The SMILES string of the molecule is CN(c1cc(NCCC(C)(C)N)ncn1)C(C)(C)C. The fraction of sp³-hybridized carbons (Fsp3) is 0.714. The molecule has 0 unspecified atom stereocenters. The number of nitrogens with one attached hydrogen (secondary N) is 1. The highest BCUT2D eigenvalue weighted by Crippen LogP contribution is 2.20. The quantitative estimate of drug-likeness (QED) is 0.854. The zero-order chi connectivity index (χ0) is 14.7. The van der Waals surface area contributed by atoms with Crippen LogP contribution < -0.4 is 16.0 Å². The van der Waals surface area contributed by atoms with Crippen molar-refractivity contribution in [1.82, 2.24) is 9.97 Å². The summed E-state index contributed by atoms with van der Waals surface area (Å²) in [5.74, 6) is 1.75. The van der Waals surface area contributed by atoms with E-state index in [1.54, 1.807) is 6.33 Å². The van der Waals surface area contributed by atoms with E-state index in [1.165, 1.54) is 0 Å². The van der Waals surface area contributed by atoms with Gasteiger partial charge < -0.3 is 16.0 Å². The van der Waals surface area contributed by atoms with Crippen molar-refractivity contribution in [1.29, 1.82) is 0 Å². The van der Waals surface area contributed by atoms with E-state index in [4.69, 9.17) is 5.73 Å². The lowest BCUT2D eigenvalue weighted by atomic mass is 10.0. The molecule has 0 aliphatic carbocycles. The Bertz CT molecular complexity index is 403. The summed E-state index contributed by atoms with van der Waals surface area (Å²) in [6.45, 7) is 11.3. The first-order valence-corrected chi connectivity index (χ1v) is 6.68. The maximum absolute atomic E-state index is 5.95. The molecular formula is C14H27N5. The number of hydrogen-bond acceptors (Lipinski definition) is 5. The Kier molecular flexibility index (Phi) is 4.74. The number of nitrogens with zero attached hydrogens (tertiary/aromatic N) is 3. The largest absolute Gasteiger partial charge is 0.370 e. The van der Waals surface area contributed by atoms with Crippen LogP contribution in [0.4, 0.5) is 11.6 Å². The van der Waals surface area contributed by atoms with Crippen LogP contribution in [0.5, 0.6) is 0 Å². The van der Waals surface area contributed by atoms with Gasteiger partial charge in [0, 0.05) is 30.7 Å². The second-order valence-electron chi connectivity index (χ2n) is 6.66. The summed E-state index contributed by atoms with van der Waals surface area (Å²) in [6, 6.07) is 1.97. The third-order valence-corrected chi connectivity index (χ3v) is 3.08. The summed E-state index contributed by atoms with van der Waals surface area (Å²) in [4.78, 5) is 10.7. The van der Waals surface area contributed by atoms with Crippen molar-refractivity contribution in [3.8, 4) is 0 Å². The van der Waals surface area contributed by atoms with Crippen LogP contribution >= 0.6 is 0 Å². The van der Waals surface area contributed by atoms with Crippen molar-refractivity contribution in [2.45, 2.75) is 52.1 Å². The molecule has 1 heterocycles. The van der Waals surface area contributed by atoms with Crippen molar-refractivity contribution in [3.63, 3.8) is 0 Å². The molecule has 0 aliphatic rings. The lowest BCUT2D eigenvalue weighted by Gasteiger charge is -2.33. The van der Waals surface area contributed by atoms with Gasteiger partial charge in [-0.25, -0.2) is 9.97 Å². The maximum Gasteiger partial charge on any atom is 0.134 e. The fourth-order valence-corrected chi connectivity index (χ4v) is 1.48. The van der Waals surface area contributed by atoms with Gasteiger partial charge in [0.15, 0.2) is 0 Å². The van der Waals surface area contributed by atoms with Crippen LogP contribution in [0.1, 0.15) is 41.0 Å². The van der Waals surface area contributed by atoms with E-state index in [-0.39, 0.29) is 11.1 Å². The average Bonchev–Trinajstić information content (AvgIpc) is 2.25. The Morgan fingerprint density at radius 1 is 1.21 bits per heavy atom. The first kappa shape index (κ1) is 15.7. The average molecular weight is 265 g/mol. The van der Waals surface area contributed by atoms with Gasteiger partial charge in [0.25, 0.3) is 0 Å². The Labute approximate surface area is 116 Å². The third-order valence-electron chi connectivity index (χ3n) is 3.08. The molecule has 0 atom stereocenters. The van der Waals surface area contributed by atoms with Crippen LogP contribution in [0.25, 0.3) is 0 Å². The molecule has 0 saturated carbocycles. The van der Waals surface area contributed by atoms with Crippen molar-refractivity contribution in [3.05, 3.63) is 12.4 Å². The van der Waals surface area contributed by atoms with Gasteiger partial charge in [-0.05, 0) is 41.0 Å². The van der Waals surface area contributed by atoms with Gasteiger partial charge in [0.1, 0.15) is 18.0 Å². The number of anilines is 2. The molecule has 19 heavy (non-hydrogen) atoms. The molecule has 1 aromatic rings. The van der Waals surface area contributed by atoms with E-state index in [0.717, 1.165) is 24.6 Å². The van der Waals surface area contributed by atoms with Gasteiger partial charge in [0.2, 0.25) is 0 Å². The lowest BCUT2D eigenvalue weighted by molar-refractivity contribution is 0.490. The monoisotopic (exact) mass is 265 g/mol. The maximum atomic E-state index is 5.95. The Morgan fingerprint density at radius 2 is 1.84 bits per heavy atom. The normalized spacial score (nSPS) is 12.4. The van der Waals surface area contributed by atoms with Crippen LogP contribution in [0, 0.1) is 0 Å². The summed E-state index contributed by atoms with van der Waals surface area (Å²) in [6.07, 6.45) is 2.48. The summed E-state index contributed by atoms with van der Waals surface area (Å²) >= 11 is 0. The van der Waals surface area contributed by atoms with E-state index in [0.29, 0.717) is 0 Å². The van der Waals surface area contributed by atoms with Crippen LogP contribution in [-0.2, 0) is 0 Å². The Balaban J connectivity index is 2.68. The van der Waals surface area contributed by atoms with E-state index in [2.05, 4.69) is 41.0 Å². The first-order valence-electron chi connectivity index (χ1n) is 6.68. The van der Waals surface area contributed by atoms with Gasteiger partial charge in [-0.2, -0.15) is 0 Å². The van der Waals surface area contributed by atoms with Gasteiger partial charge in [0.05, 0.1) is 0 Å². The summed E-state index contributed by atoms with van der Waals surface area (Å²) < 4.78 is 0. The van der Waals surface area contributed by atoms with Gasteiger partial charge in [-0.15, -0.1) is 0 Å². The number of nitrogens with two attached hydrogens (primary N) is 1. The molecule has 5 nitrogen and oxygen atoms in total. The molecule has 0 aliphatic heterocycles. The van der Waals surface area contributed by atoms with Crippen molar-refractivity contribution in [2.75, 3.05) is 23.8 Å². The highest BCUT2D eigenvalue weighted by molar-refractivity contribution is 5.49. The van der Waals surface area contributed by atoms with Crippen LogP contribution in [0.3, 0.4) is 0 Å². The molecular weight excluding hydrogens is 238 g/mol. The molecule has 3 N–H and O–H groups in total. The molecule has 0 bridgehead atoms. The Hall–Kier alpha value is -1.36. The molecule has 0 saturated heterocycles. The highest BCUT2D eigenvalue weighted by Gasteiger charge is 2.18. The fourth-order valence-electron chi connectivity index (χ4n) is 1.48. The lowest BCUT2D eigenvalue weighted by Crippen LogP contribution is -2.38. The first-order chi connectivity index (χ1) is 8.59. The molecule has 1 aromatic heterocycles. The van der Waals surface area contributed by atoms with Gasteiger partial charge in [-0.3, -0.25) is 0 Å². The zero-order valence-electron chi connectivity index (χ0n) is 13.0. The van der Waals surface area contributed by atoms with Crippen molar-refractivity contribution in [2.24, 2.45) is 5.73 Å². The second-order valence-corrected chi connectivity index (χ2v) is 6.66. The molecule has 108 valence electrons. The number of hydrogen-bond donors (Lipinski definition) is 2. The van der Waals surface area contributed by atoms with Gasteiger partial charge >= 0.3 is 0 Å². The molecule has 0 spiro atoms. The topological polar surface area (TPSA) is 67.1 Å². The Morgan fingerprint density at radius 3 is 2.37 bits per heavy atom. The molecule has 0 fully saturated rings. The van der Waals surface area contributed by atoms with E-state index in [1.807, 2.05) is 27.0 Å². The van der Waals surface area contributed by atoms with E-state index >= 15 is 0 Å². The van der Waals surface area contributed by atoms with Gasteiger partial charge in [-0.1, -0.05) is 0 Å². The number of aromatic nitrogens is 2. The smallest absolute Gasteiger partial charge is 0.134 e. The summed E-state index contributed by atoms with van der Waals surface area (Å²) in [5.41, 5.74) is 5.82. The highest BCUT2D eigenvalue weighted by atomic mass is 15.2. The molecule has 0 amide bonds. The zero-order valence-corrected chi connectivity index (χ0v) is 13.0. The standard InChI is InChI=1S/C14H27N5/c1-13(2,3)19(6)12-9-11(17-10-18-12)16-8-7-14(4,5)15/h9-10H,7-8,15H2,1-6H3,(H,16,17,18). The summed E-state index contributed by atoms with van der Waals surface area (Å²) in [5, 5.41) is 3.29. The predicted octanol–water partition coefficient (Wildman–Crippen LogP) is 2.25. The van der Waals surface area contributed by atoms with E-state index < -0.39 is 0 Å². The molecule has 0 aromatic carbocycles. The van der Waals surface area contributed by atoms with Crippen LogP contribution in [-0.4, -0.2) is 34.6 Å². The van der Waals surface area contributed by atoms with E-state index in [9.17, 15) is 0 Å². The predicted molar refractivity (Wildman–Crippen MR) is 81.6 cm³/mol. The minimum absolute atomic E-state index is 0.0326. The summed E-state index contributed by atoms with van der Waals surface area (Å²) in [7, 11) is 2.04. The minimum Gasteiger partial charge on any atom is -0.370 e. The molecule has 0 radical (unpaired) electrons. The molecule has 1 rings (SSSR count). The minimum atomic E-state index is -0.162. The van der Waals surface area contributed by atoms with Crippen molar-refractivity contribution >= 4 is 11.6 Å². The van der Waals surface area contributed by atoms with Crippen LogP contribution in [0.2, 0.25) is 0 Å². The third kappa shape index (κ3) is 5.42. The van der Waals surface area contributed by atoms with Crippen molar-refractivity contribution < 1.29 is 0 Å².